The molecule has 0 bridgehead atoms. The van der Waals surface area contributed by atoms with E-state index in [2.05, 4.69) is 5.32 Å². The van der Waals surface area contributed by atoms with E-state index in [0.29, 0.717) is 12.3 Å². The van der Waals surface area contributed by atoms with Crippen molar-refractivity contribution in [3.63, 3.8) is 0 Å². The second kappa shape index (κ2) is 6.55. The van der Waals surface area contributed by atoms with E-state index in [4.69, 9.17) is 5.73 Å². The molecule has 76 valence electrons. The van der Waals surface area contributed by atoms with E-state index in [1.165, 1.54) is 0 Å². The Morgan fingerprint density at radius 2 is 2.08 bits per heavy atom. The maximum absolute atomic E-state index is 10.7. The fourth-order valence-corrected chi connectivity index (χ4v) is 1.03. The normalized spacial score (nSPS) is 12.1. The molecule has 1 atom stereocenters. The number of urea groups is 1. The molecule has 1 unspecified atom stereocenters. The summed E-state index contributed by atoms with van der Waals surface area (Å²) >= 11 is 0. The maximum Gasteiger partial charge on any atom is 0.318 e. The van der Waals surface area contributed by atoms with Gasteiger partial charge < -0.3 is 11.1 Å². The summed E-state index contributed by atoms with van der Waals surface area (Å²) in [5, 5.41) is 4.60. The van der Waals surface area contributed by atoms with E-state index in [1.54, 1.807) is 6.26 Å². The Morgan fingerprint density at radius 3 is 2.54 bits per heavy atom. The highest BCUT2D eigenvalue weighted by Gasteiger charge is 2.02. The Bertz CT molecular complexity index is 219. The van der Waals surface area contributed by atoms with Gasteiger partial charge in [-0.05, 0) is 0 Å². The maximum atomic E-state index is 10.7. The smallest absolute Gasteiger partial charge is 0.318 e. The fourth-order valence-electron chi connectivity index (χ4n) is 0.599. The van der Waals surface area contributed by atoms with Crippen LogP contribution in [0.4, 0.5) is 4.79 Å². The molecule has 0 radical (unpaired) electrons. The van der Waals surface area contributed by atoms with Gasteiger partial charge in [0.25, 0.3) is 0 Å². The van der Waals surface area contributed by atoms with E-state index in [0.717, 1.165) is 0 Å². The highest BCUT2D eigenvalue weighted by Crippen LogP contribution is 1.71. The van der Waals surface area contributed by atoms with Crippen molar-refractivity contribution in [2.45, 2.75) is 0 Å². The molecule has 0 aliphatic heterocycles. The van der Waals surface area contributed by atoms with Crippen LogP contribution in [-0.2, 0) is 15.6 Å². The number of primary amides is 1. The van der Waals surface area contributed by atoms with Crippen molar-refractivity contribution < 1.29 is 13.8 Å². The number of rotatable bonds is 5. The Morgan fingerprint density at radius 1 is 1.46 bits per heavy atom. The number of nitrogens with one attached hydrogen (secondary N) is 2. The van der Waals surface area contributed by atoms with Crippen molar-refractivity contribution >= 4 is 22.7 Å². The predicted molar refractivity (Wildman–Crippen MR) is 49.5 cm³/mol. The van der Waals surface area contributed by atoms with Crippen molar-refractivity contribution in [3.05, 3.63) is 0 Å². The van der Waals surface area contributed by atoms with Crippen LogP contribution in [0.15, 0.2) is 0 Å². The average Bonchev–Trinajstić information content (AvgIpc) is 1.96. The molecular formula is C6H13N3O3S. The van der Waals surface area contributed by atoms with Crippen LogP contribution in [-0.4, -0.2) is 41.2 Å². The number of hydrogen-bond acceptors (Lipinski definition) is 4. The van der Waals surface area contributed by atoms with E-state index < -0.39 is 22.7 Å². The topological polar surface area (TPSA) is 101 Å². The van der Waals surface area contributed by atoms with E-state index in [-0.39, 0.29) is 6.54 Å². The second-order valence-corrected chi connectivity index (χ2v) is 3.92. The van der Waals surface area contributed by atoms with Crippen LogP contribution in [0.2, 0.25) is 0 Å². The molecule has 0 aromatic rings. The Balaban J connectivity index is 3.37. The Kier molecular flexibility index (Phi) is 6.07. The molecule has 6 nitrogen and oxygen atoms in total. The summed E-state index contributed by atoms with van der Waals surface area (Å²) in [4.78, 5) is 20.9. The Hall–Kier alpha value is -0.950. The largest absolute Gasteiger partial charge is 0.351 e. The van der Waals surface area contributed by atoms with E-state index in [9.17, 15) is 13.8 Å². The van der Waals surface area contributed by atoms with Crippen LogP contribution in [0.1, 0.15) is 0 Å². The molecular weight excluding hydrogens is 194 g/mol. The minimum Gasteiger partial charge on any atom is -0.351 e. The third-order valence-corrected chi connectivity index (χ3v) is 1.89. The predicted octanol–water partition coefficient (Wildman–Crippen LogP) is -1.85. The molecule has 0 rings (SSSR count). The molecule has 0 spiro atoms. The van der Waals surface area contributed by atoms with Crippen LogP contribution >= 0.6 is 0 Å². The van der Waals surface area contributed by atoms with Gasteiger partial charge in [-0.25, -0.2) is 4.79 Å². The zero-order valence-corrected chi connectivity index (χ0v) is 8.15. The van der Waals surface area contributed by atoms with Gasteiger partial charge in [0.1, 0.15) is 0 Å². The molecule has 0 saturated carbocycles. The first-order valence-electron chi connectivity index (χ1n) is 3.62. The van der Waals surface area contributed by atoms with Crippen LogP contribution in [0.25, 0.3) is 0 Å². The summed E-state index contributed by atoms with van der Waals surface area (Å²) < 4.78 is 10.6. The molecule has 0 aromatic heterocycles. The molecule has 13 heavy (non-hydrogen) atoms. The van der Waals surface area contributed by atoms with Gasteiger partial charge in [0, 0.05) is 29.4 Å². The van der Waals surface area contributed by atoms with Gasteiger partial charge in [-0.15, -0.1) is 0 Å². The standard InChI is InChI=1S/C6H13N3O3S/c1-13(12)3-2-8-4-5(10)9-6(7)11/h8H,2-4H2,1H3,(H3,7,9,10,11). The number of carbonyl (C=O) groups excluding carboxylic acids is 2. The van der Waals surface area contributed by atoms with Gasteiger partial charge in [-0.2, -0.15) is 0 Å². The molecule has 7 heteroatoms. The minimum absolute atomic E-state index is 0.000139. The highest BCUT2D eigenvalue weighted by atomic mass is 32.2. The molecule has 3 amide bonds. The minimum atomic E-state index is -0.877. The van der Waals surface area contributed by atoms with Gasteiger partial charge in [-0.1, -0.05) is 0 Å². The zero-order valence-electron chi connectivity index (χ0n) is 7.33. The molecule has 0 aliphatic rings. The highest BCUT2D eigenvalue weighted by molar-refractivity contribution is 7.84. The van der Waals surface area contributed by atoms with Gasteiger partial charge in [0.15, 0.2) is 0 Å². The average molecular weight is 207 g/mol. The monoisotopic (exact) mass is 207 g/mol. The lowest BCUT2D eigenvalue weighted by Crippen LogP contribution is -2.41. The van der Waals surface area contributed by atoms with Crippen molar-refractivity contribution in [2.24, 2.45) is 5.73 Å². The van der Waals surface area contributed by atoms with Crippen LogP contribution in [0, 0.1) is 0 Å². The van der Waals surface area contributed by atoms with Crippen molar-refractivity contribution in [2.75, 3.05) is 25.1 Å². The summed E-state index contributed by atoms with van der Waals surface area (Å²) in [5.74, 6) is -0.0153. The molecule has 0 aliphatic carbocycles. The number of carbonyl (C=O) groups is 2. The molecule has 0 fully saturated rings. The first-order valence-corrected chi connectivity index (χ1v) is 5.35. The SMILES string of the molecule is CS(=O)CCNCC(=O)NC(N)=O. The van der Waals surface area contributed by atoms with Crippen LogP contribution < -0.4 is 16.4 Å². The van der Waals surface area contributed by atoms with Crippen molar-refractivity contribution in [1.29, 1.82) is 0 Å². The van der Waals surface area contributed by atoms with E-state index in [1.807, 2.05) is 5.32 Å². The van der Waals surface area contributed by atoms with Crippen LogP contribution in [0.3, 0.4) is 0 Å². The molecule has 0 heterocycles. The number of amides is 3. The lowest BCUT2D eigenvalue weighted by Gasteiger charge is -2.02. The molecule has 4 N–H and O–H groups in total. The fraction of sp³-hybridized carbons (Fsp3) is 0.667. The summed E-state index contributed by atoms with van der Waals surface area (Å²) in [6.45, 7) is 0.468. The van der Waals surface area contributed by atoms with Crippen LogP contribution in [0.5, 0.6) is 0 Å². The lowest BCUT2D eigenvalue weighted by atomic mass is 10.5. The van der Waals surface area contributed by atoms with Gasteiger partial charge in [0.2, 0.25) is 5.91 Å². The van der Waals surface area contributed by atoms with Gasteiger partial charge >= 0.3 is 6.03 Å². The molecule has 0 saturated heterocycles. The van der Waals surface area contributed by atoms with E-state index >= 15 is 0 Å². The summed E-state index contributed by atoms with van der Waals surface area (Å²) in [6.07, 6.45) is 1.57. The number of imide groups is 1. The van der Waals surface area contributed by atoms with Gasteiger partial charge in [-0.3, -0.25) is 14.3 Å². The van der Waals surface area contributed by atoms with Gasteiger partial charge in [0.05, 0.1) is 6.54 Å². The zero-order chi connectivity index (χ0) is 10.3. The number of hydrogen-bond donors (Lipinski definition) is 3. The summed E-state index contributed by atoms with van der Waals surface area (Å²) in [5.41, 5.74) is 4.70. The van der Waals surface area contributed by atoms with Crippen molar-refractivity contribution in [3.8, 4) is 0 Å². The first kappa shape index (κ1) is 12.0. The lowest BCUT2D eigenvalue weighted by molar-refractivity contribution is -0.119. The molecule has 0 aromatic carbocycles. The first-order chi connectivity index (χ1) is 6.02. The second-order valence-electron chi connectivity index (χ2n) is 2.37. The third kappa shape index (κ3) is 8.96. The third-order valence-electron chi connectivity index (χ3n) is 1.11. The number of nitrogens with two attached hydrogens (primary N) is 1. The summed E-state index contributed by atoms with van der Waals surface area (Å²) in [7, 11) is -0.877. The van der Waals surface area contributed by atoms with Crippen molar-refractivity contribution in [1.82, 2.24) is 10.6 Å². The Labute approximate surface area is 78.7 Å². The summed E-state index contributed by atoms with van der Waals surface area (Å²) in [6, 6.07) is -0.870. The quantitative estimate of drug-likeness (QED) is 0.460.